The summed E-state index contributed by atoms with van der Waals surface area (Å²) in [5, 5.41) is 10.8. The predicted octanol–water partition coefficient (Wildman–Crippen LogP) is 5.51. The molecule has 12 heteroatoms. The number of nitrogens with one attached hydrogen (secondary N) is 1. The minimum absolute atomic E-state index is 0.00614. The van der Waals surface area contributed by atoms with Gasteiger partial charge in [0.2, 0.25) is 0 Å². The van der Waals surface area contributed by atoms with Crippen molar-refractivity contribution in [3.05, 3.63) is 57.3 Å². The maximum absolute atomic E-state index is 13.5. The van der Waals surface area contributed by atoms with Gasteiger partial charge in [-0.15, -0.1) is 11.8 Å². The number of phenolic OH excluding ortho intramolecular Hbond substituents is 1. The number of aromatic nitrogens is 1. The second-order valence-electron chi connectivity index (χ2n) is 9.29. The molecule has 0 bridgehead atoms. The predicted molar refractivity (Wildman–Crippen MR) is 143 cm³/mol. The Hall–Kier alpha value is -3.02. The number of hydrogen-bond donors (Lipinski definition) is 2. The Balaban J connectivity index is 1.58. The number of benzene rings is 2. The fourth-order valence-electron chi connectivity index (χ4n) is 4.63. The summed E-state index contributed by atoms with van der Waals surface area (Å²) in [4.78, 5) is 42.2. The number of rotatable bonds is 8. The van der Waals surface area contributed by atoms with Crippen LogP contribution in [0.2, 0.25) is 5.02 Å². The lowest BCUT2D eigenvalue weighted by molar-refractivity contribution is -0.147. The second-order valence-corrected chi connectivity index (χ2v) is 10.7. The number of likely N-dealkylation sites (tertiary alicyclic amines) is 1. The largest absolute Gasteiger partial charge is 0.507 e. The van der Waals surface area contributed by atoms with E-state index in [0.29, 0.717) is 32.5 Å². The molecule has 0 atom stereocenters. The smallest absolute Gasteiger partial charge is 0.416 e. The van der Waals surface area contributed by atoms with E-state index in [1.54, 1.807) is 0 Å². The summed E-state index contributed by atoms with van der Waals surface area (Å²) in [6.07, 6.45) is -3.13. The van der Waals surface area contributed by atoms with Crippen LogP contribution >= 0.6 is 23.4 Å². The van der Waals surface area contributed by atoms with Crippen molar-refractivity contribution in [1.82, 2.24) is 9.88 Å². The fraction of sp³-hybridized carbons (Fsp3) is 0.370. The van der Waals surface area contributed by atoms with Gasteiger partial charge in [-0.3, -0.25) is 14.4 Å². The normalized spacial score (nSPS) is 15.0. The number of piperidine rings is 1. The molecule has 0 radical (unpaired) electrons. The fourth-order valence-corrected chi connectivity index (χ4v) is 5.80. The van der Waals surface area contributed by atoms with Crippen LogP contribution in [0.1, 0.15) is 24.8 Å². The van der Waals surface area contributed by atoms with Gasteiger partial charge in [0.1, 0.15) is 11.5 Å². The number of H-pyrrole nitrogens is 1. The van der Waals surface area contributed by atoms with Crippen molar-refractivity contribution < 1.29 is 32.6 Å². The Bertz CT molecular complexity index is 1450. The first-order valence-corrected chi connectivity index (χ1v) is 13.5. The van der Waals surface area contributed by atoms with Gasteiger partial charge in [-0.25, -0.2) is 0 Å². The number of carbonyl (C=O) groups is 2. The topological polar surface area (TPSA) is 99.7 Å². The molecule has 2 aromatic carbocycles. The SMILES string of the molecule is COC(=O)C1CCN(CCC(=O)CSc2c(-c3cc(Cl)ccc3O)c3cc(C(F)(F)F)ccc3[nH]c2=O)CC1. The summed E-state index contributed by atoms with van der Waals surface area (Å²) >= 11 is 7.03. The van der Waals surface area contributed by atoms with Crippen LogP contribution in [0.25, 0.3) is 22.0 Å². The Morgan fingerprint density at radius 1 is 1.18 bits per heavy atom. The number of aromatic hydroxyl groups is 1. The zero-order valence-corrected chi connectivity index (χ0v) is 22.5. The minimum Gasteiger partial charge on any atom is -0.507 e. The van der Waals surface area contributed by atoms with Gasteiger partial charge in [0.05, 0.1) is 29.2 Å². The molecule has 1 fully saturated rings. The summed E-state index contributed by atoms with van der Waals surface area (Å²) in [7, 11) is 1.36. The average molecular weight is 583 g/mol. The van der Waals surface area contributed by atoms with Gasteiger partial charge in [-0.1, -0.05) is 11.6 Å². The third kappa shape index (κ3) is 6.77. The highest BCUT2D eigenvalue weighted by atomic mass is 35.5. The number of fused-ring (bicyclic) bond motifs is 1. The highest BCUT2D eigenvalue weighted by Gasteiger charge is 2.31. The van der Waals surface area contributed by atoms with Gasteiger partial charge < -0.3 is 19.7 Å². The van der Waals surface area contributed by atoms with E-state index in [1.807, 2.05) is 0 Å². The minimum atomic E-state index is -4.63. The molecule has 208 valence electrons. The standard InChI is InChI=1S/C27H26ClF3N2O5S/c1-38-26(37)15-6-9-33(10-7-15)11-8-18(34)14-39-24-23(20-13-17(28)3-5-22(20)35)19-12-16(27(29,30)31)2-4-21(19)32-25(24)36/h2-5,12-13,15,35H,6-11,14H2,1H3,(H,32,36). The van der Waals surface area contributed by atoms with Crippen LogP contribution in [0.5, 0.6) is 5.75 Å². The molecule has 0 saturated carbocycles. The third-order valence-electron chi connectivity index (χ3n) is 6.73. The number of nitrogens with zero attached hydrogens (tertiary/aromatic N) is 1. The number of alkyl halides is 3. The molecular formula is C27H26ClF3N2O5S. The first-order valence-electron chi connectivity index (χ1n) is 12.2. The van der Waals surface area contributed by atoms with Gasteiger partial charge >= 0.3 is 12.1 Å². The number of esters is 1. The highest BCUT2D eigenvalue weighted by molar-refractivity contribution is 8.00. The van der Waals surface area contributed by atoms with E-state index in [-0.39, 0.29) is 67.5 Å². The molecule has 7 nitrogen and oxygen atoms in total. The number of hydrogen-bond acceptors (Lipinski definition) is 7. The molecule has 4 rings (SSSR count). The third-order valence-corrected chi connectivity index (χ3v) is 8.11. The summed E-state index contributed by atoms with van der Waals surface area (Å²) in [5.74, 6) is -0.893. The number of halogens is 4. The van der Waals surface area contributed by atoms with Crippen molar-refractivity contribution in [3.8, 4) is 16.9 Å². The van der Waals surface area contributed by atoms with Crippen molar-refractivity contribution in [2.24, 2.45) is 5.92 Å². The molecule has 1 saturated heterocycles. The number of carbonyl (C=O) groups excluding carboxylic acids is 2. The Labute approximate surface area is 231 Å². The molecule has 1 aliphatic heterocycles. The zero-order valence-electron chi connectivity index (χ0n) is 20.9. The zero-order chi connectivity index (χ0) is 28.3. The number of thioether (sulfide) groups is 1. The first kappa shape index (κ1) is 29.0. The van der Waals surface area contributed by atoms with Crippen molar-refractivity contribution >= 4 is 46.0 Å². The Morgan fingerprint density at radius 3 is 2.56 bits per heavy atom. The Kier molecular flexibility index (Phi) is 8.93. The second kappa shape index (κ2) is 12.0. The van der Waals surface area contributed by atoms with Crippen molar-refractivity contribution in [1.29, 1.82) is 0 Å². The number of Topliss-reactive ketones (excluding diaryl/α,β-unsaturated/α-hetero) is 1. The monoisotopic (exact) mass is 582 g/mol. The number of phenols is 1. The summed E-state index contributed by atoms with van der Waals surface area (Å²) in [5.41, 5.74) is -1.22. The summed E-state index contributed by atoms with van der Waals surface area (Å²) in [6, 6.07) is 7.01. The van der Waals surface area contributed by atoms with E-state index in [1.165, 1.54) is 25.3 Å². The van der Waals surface area contributed by atoms with Crippen molar-refractivity contribution in [3.63, 3.8) is 0 Å². The lowest BCUT2D eigenvalue weighted by Crippen LogP contribution is -2.37. The first-order chi connectivity index (χ1) is 18.5. The lowest BCUT2D eigenvalue weighted by atomic mass is 9.97. The van der Waals surface area contributed by atoms with E-state index in [0.717, 1.165) is 30.0 Å². The lowest BCUT2D eigenvalue weighted by Gasteiger charge is -2.30. The number of methoxy groups -OCH3 is 1. The molecule has 1 aromatic heterocycles. The number of pyridine rings is 1. The molecule has 0 spiro atoms. The number of aromatic amines is 1. The van der Waals surface area contributed by atoms with E-state index in [2.05, 4.69) is 9.88 Å². The molecule has 39 heavy (non-hydrogen) atoms. The quantitative estimate of drug-likeness (QED) is 0.267. The molecular weight excluding hydrogens is 557 g/mol. The van der Waals surface area contributed by atoms with Crippen LogP contribution in [0, 0.1) is 5.92 Å². The van der Waals surface area contributed by atoms with E-state index >= 15 is 0 Å². The maximum atomic E-state index is 13.5. The van der Waals surface area contributed by atoms with Crippen LogP contribution < -0.4 is 5.56 Å². The van der Waals surface area contributed by atoms with Gasteiger partial charge in [-0.05, 0) is 62.3 Å². The van der Waals surface area contributed by atoms with Gasteiger partial charge in [0.25, 0.3) is 5.56 Å². The van der Waals surface area contributed by atoms with Crippen LogP contribution in [0.3, 0.4) is 0 Å². The molecule has 3 aromatic rings. The van der Waals surface area contributed by atoms with Crippen LogP contribution in [0.15, 0.2) is 46.1 Å². The highest BCUT2D eigenvalue weighted by Crippen LogP contribution is 2.42. The van der Waals surface area contributed by atoms with Gasteiger partial charge in [0.15, 0.2) is 0 Å². The van der Waals surface area contributed by atoms with E-state index in [4.69, 9.17) is 16.3 Å². The van der Waals surface area contributed by atoms with E-state index < -0.39 is 17.3 Å². The average Bonchev–Trinajstić information content (AvgIpc) is 2.91. The summed E-state index contributed by atoms with van der Waals surface area (Å²) in [6.45, 7) is 1.80. The molecule has 0 aliphatic carbocycles. The number of ketones is 1. The Morgan fingerprint density at radius 2 is 1.90 bits per heavy atom. The van der Waals surface area contributed by atoms with E-state index in [9.17, 15) is 32.7 Å². The molecule has 2 N–H and O–H groups in total. The van der Waals surface area contributed by atoms with Gasteiger partial charge in [-0.2, -0.15) is 13.2 Å². The summed E-state index contributed by atoms with van der Waals surface area (Å²) < 4.78 is 45.4. The molecule has 0 unspecified atom stereocenters. The molecule has 2 heterocycles. The van der Waals surface area contributed by atoms with Crippen LogP contribution in [-0.4, -0.2) is 59.2 Å². The molecule has 1 aliphatic rings. The number of ether oxygens (including phenoxy) is 1. The van der Waals surface area contributed by atoms with Crippen molar-refractivity contribution in [2.75, 3.05) is 32.5 Å². The van der Waals surface area contributed by atoms with Gasteiger partial charge in [0, 0.05) is 40.0 Å². The van der Waals surface area contributed by atoms with Crippen LogP contribution in [0.4, 0.5) is 13.2 Å². The van der Waals surface area contributed by atoms with Crippen LogP contribution in [-0.2, 0) is 20.5 Å². The molecule has 0 amide bonds. The van der Waals surface area contributed by atoms with Crippen molar-refractivity contribution in [2.45, 2.75) is 30.3 Å². The maximum Gasteiger partial charge on any atom is 0.416 e.